The number of aliphatic hydroxyl groups excluding tert-OH is 1. The second kappa shape index (κ2) is 18.0. The van der Waals surface area contributed by atoms with Gasteiger partial charge in [0.25, 0.3) is 0 Å². The molecule has 1 heterocycles. The molecule has 1 saturated heterocycles. The lowest BCUT2D eigenvalue weighted by molar-refractivity contribution is -0.135. The van der Waals surface area contributed by atoms with Crippen LogP contribution in [0.5, 0.6) is 0 Å². The predicted molar refractivity (Wildman–Crippen MR) is 170 cm³/mol. The zero-order valence-corrected chi connectivity index (χ0v) is 26.7. The number of carbonyl (C=O) groups is 4. The molecule has 4 atom stereocenters. The second-order valence-corrected chi connectivity index (χ2v) is 12.5. The minimum Gasteiger partial charge on any atom is -0.445 e. The van der Waals surface area contributed by atoms with Crippen molar-refractivity contribution < 1.29 is 33.8 Å². The average molecular weight is 625 g/mol. The molecule has 2 aromatic carbocycles. The van der Waals surface area contributed by atoms with E-state index in [1.807, 2.05) is 88.4 Å². The van der Waals surface area contributed by atoms with Gasteiger partial charge >= 0.3 is 12.2 Å². The molecule has 1 aliphatic heterocycles. The monoisotopic (exact) mass is 624 g/mol. The molecule has 0 aliphatic carbocycles. The van der Waals surface area contributed by atoms with Crippen molar-refractivity contribution in [2.24, 2.45) is 23.7 Å². The molecule has 4 amide bonds. The number of nitrogens with one attached hydrogen (secondary N) is 3. The third-order valence-electron chi connectivity index (χ3n) is 7.60. The SMILES string of the molecule is CC(C)C[C@@H](CNC(=O)OCc1ccccc1)C(=O)N1CC(O)C(CNC(=O)[C@H](CC(C)C)NC(=O)OCc2ccccc2)C1. The van der Waals surface area contributed by atoms with Crippen LogP contribution < -0.4 is 16.0 Å². The first-order chi connectivity index (χ1) is 21.5. The quantitative estimate of drug-likeness (QED) is 0.235. The van der Waals surface area contributed by atoms with Crippen LogP contribution in [0.15, 0.2) is 60.7 Å². The standard InChI is InChI=1S/C34H48N4O7/c1-23(2)15-27(17-36-33(42)44-21-25-11-7-5-8-12-25)32(41)38-19-28(30(39)20-38)18-35-31(40)29(16-24(3)4)37-34(43)45-22-26-13-9-6-10-14-26/h5-14,23-24,27-30,39H,15-22H2,1-4H3,(H,35,40)(H,36,42)(H,37,43)/t27-,28?,29-,30?/m0/s1. The summed E-state index contributed by atoms with van der Waals surface area (Å²) in [4.78, 5) is 52.9. The maximum Gasteiger partial charge on any atom is 0.408 e. The number of likely N-dealkylation sites (tertiary alicyclic amines) is 1. The van der Waals surface area contributed by atoms with Gasteiger partial charge in [-0.3, -0.25) is 9.59 Å². The lowest BCUT2D eigenvalue weighted by Gasteiger charge is -2.25. The van der Waals surface area contributed by atoms with Crippen molar-refractivity contribution in [1.82, 2.24) is 20.9 Å². The third kappa shape index (κ3) is 12.4. The van der Waals surface area contributed by atoms with E-state index in [2.05, 4.69) is 16.0 Å². The van der Waals surface area contributed by atoms with Crippen molar-refractivity contribution in [3.63, 3.8) is 0 Å². The van der Waals surface area contributed by atoms with Crippen molar-refractivity contribution in [3.8, 4) is 0 Å². The summed E-state index contributed by atoms with van der Waals surface area (Å²) in [6.07, 6.45) is -1.16. The van der Waals surface area contributed by atoms with Gasteiger partial charge in [-0.05, 0) is 35.8 Å². The van der Waals surface area contributed by atoms with Gasteiger partial charge in [-0.1, -0.05) is 88.4 Å². The molecule has 246 valence electrons. The van der Waals surface area contributed by atoms with Crippen LogP contribution in [0.25, 0.3) is 0 Å². The Morgan fingerprint density at radius 3 is 1.91 bits per heavy atom. The van der Waals surface area contributed by atoms with Crippen LogP contribution >= 0.6 is 0 Å². The van der Waals surface area contributed by atoms with E-state index < -0.39 is 30.3 Å². The number of alkyl carbamates (subject to hydrolysis) is 2. The third-order valence-corrected chi connectivity index (χ3v) is 7.60. The van der Waals surface area contributed by atoms with Crippen molar-refractivity contribution in [3.05, 3.63) is 71.8 Å². The van der Waals surface area contributed by atoms with Gasteiger partial charge in [-0.15, -0.1) is 0 Å². The number of amides is 4. The number of β-amino-alcohol motifs (C(OH)–C–C–N with tert-alkyl or cyclic N) is 1. The predicted octanol–water partition coefficient (Wildman–Crippen LogP) is 3.85. The number of aliphatic hydroxyl groups is 1. The Morgan fingerprint density at radius 2 is 1.36 bits per heavy atom. The van der Waals surface area contributed by atoms with E-state index in [9.17, 15) is 24.3 Å². The number of nitrogens with zero attached hydrogens (tertiary/aromatic N) is 1. The summed E-state index contributed by atoms with van der Waals surface area (Å²) < 4.78 is 10.6. The molecule has 3 rings (SSSR count). The largest absolute Gasteiger partial charge is 0.445 e. The Morgan fingerprint density at radius 1 is 0.800 bits per heavy atom. The molecule has 45 heavy (non-hydrogen) atoms. The zero-order chi connectivity index (χ0) is 32.8. The molecular formula is C34H48N4O7. The summed E-state index contributed by atoms with van der Waals surface area (Å²) in [5, 5.41) is 19.0. The number of hydrogen-bond donors (Lipinski definition) is 4. The van der Waals surface area contributed by atoms with Crippen LogP contribution in [0.3, 0.4) is 0 Å². The van der Waals surface area contributed by atoms with Crippen molar-refractivity contribution in [1.29, 1.82) is 0 Å². The molecule has 1 aliphatic rings. The van der Waals surface area contributed by atoms with Crippen LogP contribution in [0.2, 0.25) is 0 Å². The van der Waals surface area contributed by atoms with Gasteiger partial charge in [0.15, 0.2) is 0 Å². The number of rotatable bonds is 15. The molecule has 2 aromatic rings. The normalized spacial score (nSPS) is 17.4. The first-order valence-electron chi connectivity index (χ1n) is 15.7. The lowest BCUT2D eigenvalue weighted by atomic mass is 9.95. The van der Waals surface area contributed by atoms with Crippen molar-refractivity contribution >= 4 is 24.0 Å². The van der Waals surface area contributed by atoms with Gasteiger partial charge in [-0.2, -0.15) is 0 Å². The fourth-order valence-corrected chi connectivity index (χ4v) is 5.28. The van der Waals surface area contributed by atoms with Crippen LogP contribution in [-0.4, -0.2) is 72.3 Å². The number of benzene rings is 2. The highest BCUT2D eigenvalue weighted by Crippen LogP contribution is 2.22. The lowest BCUT2D eigenvalue weighted by Crippen LogP contribution is -2.49. The molecule has 0 spiro atoms. The number of carbonyl (C=O) groups excluding carboxylic acids is 4. The van der Waals surface area contributed by atoms with Gasteiger partial charge in [-0.25, -0.2) is 9.59 Å². The first kappa shape index (κ1) is 35.4. The van der Waals surface area contributed by atoms with Crippen molar-refractivity contribution in [2.75, 3.05) is 26.2 Å². The van der Waals surface area contributed by atoms with E-state index in [0.29, 0.717) is 12.8 Å². The molecule has 4 N–H and O–H groups in total. The summed E-state index contributed by atoms with van der Waals surface area (Å²) in [6, 6.07) is 17.8. The van der Waals surface area contributed by atoms with Crippen LogP contribution in [0.1, 0.15) is 51.7 Å². The topological polar surface area (TPSA) is 146 Å². The molecule has 0 bridgehead atoms. The van der Waals surface area contributed by atoms with Crippen molar-refractivity contribution in [2.45, 2.75) is 65.9 Å². The molecule has 11 heteroatoms. The van der Waals surface area contributed by atoms with Gasteiger partial charge < -0.3 is 35.4 Å². The van der Waals surface area contributed by atoms with E-state index in [4.69, 9.17) is 9.47 Å². The van der Waals surface area contributed by atoms with E-state index >= 15 is 0 Å². The molecule has 11 nitrogen and oxygen atoms in total. The minimum atomic E-state index is -0.829. The molecule has 1 fully saturated rings. The van der Waals surface area contributed by atoms with Gasteiger partial charge in [0, 0.05) is 32.1 Å². The molecular weight excluding hydrogens is 576 g/mol. The number of hydrogen-bond acceptors (Lipinski definition) is 7. The Hall–Kier alpha value is -4.12. The fourth-order valence-electron chi connectivity index (χ4n) is 5.28. The summed E-state index contributed by atoms with van der Waals surface area (Å²) in [6.45, 7) is 8.76. The Balaban J connectivity index is 1.49. The number of ether oxygens (including phenoxy) is 2. The van der Waals surface area contributed by atoms with E-state index in [1.54, 1.807) is 4.90 Å². The molecule has 0 radical (unpaired) electrons. The highest BCUT2D eigenvalue weighted by atomic mass is 16.6. The Labute approximate surface area is 266 Å². The summed E-state index contributed by atoms with van der Waals surface area (Å²) in [5.41, 5.74) is 1.70. The van der Waals surface area contributed by atoms with Gasteiger partial charge in [0.1, 0.15) is 19.3 Å². The maximum absolute atomic E-state index is 13.5. The Kier molecular flexibility index (Phi) is 14.1. The van der Waals surface area contributed by atoms with Crippen LogP contribution in [-0.2, 0) is 32.3 Å². The van der Waals surface area contributed by atoms with Crippen LogP contribution in [0, 0.1) is 23.7 Å². The van der Waals surface area contributed by atoms with E-state index in [-0.39, 0.29) is 69.0 Å². The summed E-state index contributed by atoms with van der Waals surface area (Å²) in [7, 11) is 0. The highest BCUT2D eigenvalue weighted by Gasteiger charge is 2.37. The summed E-state index contributed by atoms with van der Waals surface area (Å²) >= 11 is 0. The van der Waals surface area contributed by atoms with Gasteiger partial charge in [0.05, 0.1) is 12.0 Å². The molecule has 0 saturated carbocycles. The minimum absolute atomic E-state index is 0.0863. The molecule has 2 unspecified atom stereocenters. The Bertz CT molecular complexity index is 1230. The smallest absolute Gasteiger partial charge is 0.408 e. The second-order valence-electron chi connectivity index (χ2n) is 12.5. The van der Waals surface area contributed by atoms with Crippen LogP contribution in [0.4, 0.5) is 9.59 Å². The highest BCUT2D eigenvalue weighted by molar-refractivity contribution is 5.85. The van der Waals surface area contributed by atoms with E-state index in [1.165, 1.54) is 0 Å². The summed E-state index contributed by atoms with van der Waals surface area (Å²) in [5.74, 6) is -1.09. The maximum atomic E-state index is 13.5. The van der Waals surface area contributed by atoms with E-state index in [0.717, 1.165) is 11.1 Å². The molecule has 0 aromatic heterocycles. The fraction of sp³-hybridized carbons (Fsp3) is 0.529. The van der Waals surface area contributed by atoms with Gasteiger partial charge in [0.2, 0.25) is 11.8 Å². The first-order valence-corrected chi connectivity index (χ1v) is 15.7. The average Bonchev–Trinajstić information content (AvgIpc) is 3.39. The zero-order valence-electron chi connectivity index (χ0n) is 26.7.